The number of carbonyl (C=O) groups is 1. The number of anilines is 2. The second-order valence-electron chi connectivity index (χ2n) is 5.98. The SMILES string of the molecule is COc1ccc(NC(=O)CNc2cccc(OCC(C)C)c2)cc1Cl. The van der Waals surface area contributed by atoms with Gasteiger partial charge in [0.1, 0.15) is 11.5 Å². The average Bonchev–Trinajstić information content (AvgIpc) is 2.59. The third-order valence-electron chi connectivity index (χ3n) is 3.31. The largest absolute Gasteiger partial charge is 0.495 e. The van der Waals surface area contributed by atoms with Gasteiger partial charge < -0.3 is 20.1 Å². The number of hydrogen-bond donors (Lipinski definition) is 2. The van der Waals surface area contributed by atoms with Crippen molar-refractivity contribution in [1.82, 2.24) is 0 Å². The fourth-order valence-electron chi connectivity index (χ4n) is 2.09. The van der Waals surface area contributed by atoms with E-state index in [9.17, 15) is 4.79 Å². The number of amides is 1. The van der Waals surface area contributed by atoms with Crippen molar-refractivity contribution in [3.8, 4) is 11.5 Å². The van der Waals surface area contributed by atoms with Crippen LogP contribution >= 0.6 is 11.6 Å². The van der Waals surface area contributed by atoms with Crippen molar-refractivity contribution in [2.24, 2.45) is 5.92 Å². The quantitative estimate of drug-likeness (QED) is 0.729. The van der Waals surface area contributed by atoms with E-state index in [1.807, 2.05) is 24.3 Å². The van der Waals surface area contributed by atoms with Crippen LogP contribution in [0, 0.1) is 5.92 Å². The van der Waals surface area contributed by atoms with Crippen molar-refractivity contribution in [2.45, 2.75) is 13.8 Å². The Morgan fingerprint density at radius 1 is 1.16 bits per heavy atom. The Morgan fingerprint density at radius 3 is 2.64 bits per heavy atom. The van der Waals surface area contributed by atoms with Crippen LogP contribution in [0.25, 0.3) is 0 Å². The van der Waals surface area contributed by atoms with Gasteiger partial charge in [0.15, 0.2) is 0 Å². The molecule has 0 radical (unpaired) electrons. The van der Waals surface area contributed by atoms with Crippen molar-refractivity contribution in [2.75, 3.05) is 30.9 Å². The molecule has 134 valence electrons. The number of benzene rings is 2. The second kappa shape index (κ2) is 9.18. The fraction of sp³-hybridized carbons (Fsp3) is 0.316. The molecule has 0 bridgehead atoms. The molecule has 1 amide bonds. The Balaban J connectivity index is 1.87. The van der Waals surface area contributed by atoms with Gasteiger partial charge in [-0.15, -0.1) is 0 Å². The number of halogens is 1. The van der Waals surface area contributed by atoms with Gasteiger partial charge in [0, 0.05) is 17.4 Å². The van der Waals surface area contributed by atoms with Gasteiger partial charge in [0.2, 0.25) is 5.91 Å². The molecular weight excluding hydrogens is 340 g/mol. The van der Waals surface area contributed by atoms with Crippen LogP contribution in [0.2, 0.25) is 5.02 Å². The predicted molar refractivity (Wildman–Crippen MR) is 102 cm³/mol. The van der Waals surface area contributed by atoms with Gasteiger partial charge in [-0.25, -0.2) is 0 Å². The Kier molecular flexibility index (Phi) is 6.95. The number of carbonyl (C=O) groups excluding carboxylic acids is 1. The summed E-state index contributed by atoms with van der Waals surface area (Å²) in [5.41, 5.74) is 1.44. The van der Waals surface area contributed by atoms with Crippen LogP contribution < -0.4 is 20.1 Å². The average molecular weight is 363 g/mol. The molecule has 0 fully saturated rings. The molecule has 0 saturated heterocycles. The topological polar surface area (TPSA) is 59.6 Å². The van der Waals surface area contributed by atoms with Gasteiger partial charge in [-0.05, 0) is 36.2 Å². The minimum Gasteiger partial charge on any atom is -0.495 e. The van der Waals surface area contributed by atoms with E-state index in [2.05, 4.69) is 24.5 Å². The highest BCUT2D eigenvalue weighted by Crippen LogP contribution is 2.27. The van der Waals surface area contributed by atoms with Gasteiger partial charge in [0.25, 0.3) is 0 Å². The molecule has 0 aliphatic heterocycles. The lowest BCUT2D eigenvalue weighted by Gasteiger charge is -2.12. The van der Waals surface area contributed by atoms with Crippen molar-refractivity contribution in [3.05, 3.63) is 47.5 Å². The highest BCUT2D eigenvalue weighted by atomic mass is 35.5. The Bertz CT molecular complexity index is 720. The summed E-state index contributed by atoms with van der Waals surface area (Å²) >= 11 is 6.05. The monoisotopic (exact) mass is 362 g/mol. The molecule has 0 unspecified atom stereocenters. The van der Waals surface area contributed by atoms with Crippen molar-refractivity contribution >= 4 is 28.9 Å². The van der Waals surface area contributed by atoms with Crippen molar-refractivity contribution in [1.29, 1.82) is 0 Å². The van der Waals surface area contributed by atoms with Crippen LogP contribution in [-0.4, -0.2) is 26.2 Å². The summed E-state index contributed by atoms with van der Waals surface area (Å²) in [6, 6.07) is 12.6. The molecule has 2 aromatic rings. The molecule has 0 spiro atoms. The first kappa shape index (κ1) is 18.9. The summed E-state index contributed by atoms with van der Waals surface area (Å²) in [6.07, 6.45) is 0. The Hall–Kier alpha value is -2.40. The summed E-state index contributed by atoms with van der Waals surface area (Å²) in [4.78, 5) is 12.1. The minimum atomic E-state index is -0.172. The highest BCUT2D eigenvalue weighted by Gasteiger charge is 2.06. The van der Waals surface area contributed by atoms with Gasteiger partial charge in [-0.1, -0.05) is 31.5 Å². The fourth-order valence-corrected chi connectivity index (χ4v) is 2.35. The van der Waals surface area contributed by atoms with E-state index in [1.54, 1.807) is 25.3 Å². The zero-order valence-electron chi connectivity index (χ0n) is 14.6. The van der Waals surface area contributed by atoms with Crippen LogP contribution in [0.15, 0.2) is 42.5 Å². The molecule has 0 atom stereocenters. The van der Waals surface area contributed by atoms with Crippen molar-refractivity contribution in [3.63, 3.8) is 0 Å². The van der Waals surface area contributed by atoms with Crippen LogP contribution in [0.3, 0.4) is 0 Å². The first-order valence-electron chi connectivity index (χ1n) is 8.08. The smallest absolute Gasteiger partial charge is 0.243 e. The second-order valence-corrected chi connectivity index (χ2v) is 6.39. The van der Waals surface area contributed by atoms with Crippen LogP contribution in [-0.2, 0) is 4.79 Å². The molecule has 25 heavy (non-hydrogen) atoms. The van der Waals surface area contributed by atoms with E-state index in [4.69, 9.17) is 21.1 Å². The molecule has 2 N–H and O–H groups in total. The van der Waals surface area contributed by atoms with E-state index < -0.39 is 0 Å². The third kappa shape index (κ3) is 6.19. The molecule has 0 saturated carbocycles. The molecule has 0 aromatic heterocycles. The number of hydrogen-bond acceptors (Lipinski definition) is 4. The molecule has 6 heteroatoms. The maximum absolute atomic E-state index is 12.1. The van der Waals surface area contributed by atoms with Gasteiger partial charge >= 0.3 is 0 Å². The third-order valence-corrected chi connectivity index (χ3v) is 3.60. The summed E-state index contributed by atoms with van der Waals surface area (Å²) in [7, 11) is 1.54. The molecule has 2 aromatic carbocycles. The van der Waals surface area contributed by atoms with Gasteiger partial charge in [-0.3, -0.25) is 4.79 Å². The molecular formula is C19H23ClN2O3. The lowest BCUT2D eigenvalue weighted by atomic mass is 10.2. The van der Waals surface area contributed by atoms with E-state index in [1.165, 1.54) is 0 Å². The summed E-state index contributed by atoms with van der Waals surface area (Å²) in [5.74, 6) is 1.63. The lowest BCUT2D eigenvalue weighted by molar-refractivity contribution is -0.114. The van der Waals surface area contributed by atoms with Gasteiger partial charge in [0.05, 0.1) is 25.3 Å². The molecule has 5 nitrogen and oxygen atoms in total. The standard InChI is InChI=1S/C19H23ClN2O3/c1-13(2)12-25-16-6-4-5-14(9-16)21-11-19(23)22-15-7-8-18(24-3)17(20)10-15/h4-10,13,21H,11-12H2,1-3H3,(H,22,23). The first-order chi connectivity index (χ1) is 12.0. The Labute approximate surface area is 153 Å². The molecule has 0 heterocycles. The normalized spacial score (nSPS) is 10.4. The van der Waals surface area contributed by atoms with Crippen LogP contribution in [0.5, 0.6) is 11.5 Å². The first-order valence-corrected chi connectivity index (χ1v) is 8.46. The number of methoxy groups -OCH3 is 1. The predicted octanol–water partition coefficient (Wildman–Crippen LogP) is 4.43. The zero-order valence-corrected chi connectivity index (χ0v) is 15.4. The summed E-state index contributed by atoms with van der Waals surface area (Å²) < 4.78 is 10.8. The van der Waals surface area contributed by atoms with Crippen LogP contribution in [0.4, 0.5) is 11.4 Å². The maximum Gasteiger partial charge on any atom is 0.243 e. The number of rotatable bonds is 8. The zero-order chi connectivity index (χ0) is 18.2. The van der Waals surface area contributed by atoms with E-state index >= 15 is 0 Å². The highest BCUT2D eigenvalue weighted by molar-refractivity contribution is 6.32. The molecule has 0 aliphatic carbocycles. The van der Waals surface area contributed by atoms with Crippen molar-refractivity contribution < 1.29 is 14.3 Å². The van der Waals surface area contributed by atoms with Gasteiger partial charge in [-0.2, -0.15) is 0 Å². The summed E-state index contributed by atoms with van der Waals surface area (Å²) in [6.45, 7) is 4.98. The van der Waals surface area contributed by atoms with E-state index in [0.717, 1.165) is 11.4 Å². The number of ether oxygens (including phenoxy) is 2. The summed E-state index contributed by atoms with van der Waals surface area (Å²) in [5, 5.41) is 6.31. The molecule has 2 rings (SSSR count). The maximum atomic E-state index is 12.1. The van der Waals surface area contributed by atoms with E-state index in [-0.39, 0.29) is 12.5 Å². The van der Waals surface area contributed by atoms with E-state index in [0.29, 0.717) is 29.0 Å². The molecule has 0 aliphatic rings. The Morgan fingerprint density at radius 2 is 1.96 bits per heavy atom. The number of nitrogens with one attached hydrogen (secondary N) is 2. The van der Waals surface area contributed by atoms with Crippen LogP contribution in [0.1, 0.15) is 13.8 Å². The minimum absolute atomic E-state index is 0.136. The lowest BCUT2D eigenvalue weighted by Crippen LogP contribution is -2.21.